The Kier molecular flexibility index (Phi) is 2.13. The molecule has 0 saturated heterocycles. The average Bonchev–Trinajstić information content (AvgIpc) is 0.811. The topological polar surface area (TPSA) is 17.1 Å². The van der Waals surface area contributed by atoms with Crippen LogP contribution in [0.3, 0.4) is 0 Å². The standard InChI is InChI=1S/CClO.Rh/c2-1-3;. The molecule has 0 bridgehead atoms. The van der Waals surface area contributed by atoms with Crippen LogP contribution in [0.15, 0.2) is 0 Å². The molecule has 0 amide bonds. The molecule has 0 saturated carbocycles. The van der Waals surface area contributed by atoms with Crippen molar-refractivity contribution in [3.05, 3.63) is 0 Å². The molecule has 0 N–H and O–H groups in total. The van der Waals surface area contributed by atoms with Crippen LogP contribution in [-0.4, -0.2) is 3.84 Å². The van der Waals surface area contributed by atoms with Gasteiger partial charge in [0.25, 0.3) is 0 Å². The maximum absolute atomic E-state index is 9.16. The van der Waals surface area contributed by atoms with Gasteiger partial charge in [-0.15, -0.1) is 0 Å². The molecule has 0 aliphatic carbocycles. The summed E-state index contributed by atoms with van der Waals surface area (Å²) in [7, 11) is 0. The molecule has 0 aliphatic heterocycles. The Hall–Kier alpha value is 0.583. The van der Waals surface area contributed by atoms with Crippen molar-refractivity contribution in [3.8, 4) is 0 Å². The Labute approximate surface area is 39.0 Å². The summed E-state index contributed by atoms with van der Waals surface area (Å²) in [6.07, 6.45) is 0. The van der Waals surface area contributed by atoms with E-state index in [4.69, 9.17) is 4.79 Å². The van der Waals surface area contributed by atoms with E-state index in [1.165, 1.54) is 0 Å². The van der Waals surface area contributed by atoms with E-state index in [0.717, 1.165) is 0 Å². The van der Waals surface area contributed by atoms with Gasteiger partial charge in [0.15, 0.2) is 0 Å². The van der Waals surface area contributed by atoms with E-state index >= 15 is 0 Å². The van der Waals surface area contributed by atoms with Crippen LogP contribution in [0.2, 0.25) is 0 Å². The predicted octanol–water partition coefficient (Wildman–Crippen LogP) is 0.892. The fourth-order valence-electron chi connectivity index (χ4n) is 0. The molecule has 0 rings (SSSR count). The van der Waals surface area contributed by atoms with E-state index in [2.05, 4.69) is 11.6 Å². The second-order valence-corrected chi connectivity index (χ2v) is 1.75. The van der Waals surface area contributed by atoms with Gasteiger partial charge in [0.2, 0.25) is 0 Å². The molecule has 0 aromatic carbocycles. The molecule has 0 aromatic rings. The minimum absolute atomic E-state index is 0.471. The summed E-state index contributed by atoms with van der Waals surface area (Å²) in [5.74, 6) is 0. The van der Waals surface area contributed by atoms with Crippen LogP contribution in [0.5, 0.6) is 0 Å². The number of hydrogen-bond acceptors (Lipinski definition) is 1. The summed E-state index contributed by atoms with van der Waals surface area (Å²) in [5.41, 5.74) is 0. The molecule has 3 heteroatoms. The molecular formula is CClORh. The molecule has 0 unspecified atom stereocenters. The van der Waals surface area contributed by atoms with Gasteiger partial charge >= 0.3 is 38.5 Å². The Balaban J connectivity index is 2.80. The first-order valence-electron chi connectivity index (χ1n) is 0.560. The summed E-state index contributed by atoms with van der Waals surface area (Å²) in [6.45, 7) is 0. The maximum atomic E-state index is 9.16. The van der Waals surface area contributed by atoms with Crippen molar-refractivity contribution in [2.75, 3.05) is 0 Å². The second kappa shape index (κ2) is 1.86. The van der Waals surface area contributed by atoms with E-state index in [-0.39, 0.29) is 0 Å². The van der Waals surface area contributed by atoms with Crippen molar-refractivity contribution < 1.29 is 23.1 Å². The number of halogens is 1. The van der Waals surface area contributed by atoms with Crippen molar-refractivity contribution in [1.29, 1.82) is 0 Å². The van der Waals surface area contributed by atoms with Gasteiger partial charge in [-0.3, -0.25) is 0 Å². The summed E-state index contributed by atoms with van der Waals surface area (Å²) in [6, 6.07) is 0. The van der Waals surface area contributed by atoms with Gasteiger partial charge in [0, 0.05) is 0 Å². The molecule has 0 radical (unpaired) electrons. The van der Waals surface area contributed by atoms with Crippen LogP contribution in [0.25, 0.3) is 0 Å². The van der Waals surface area contributed by atoms with E-state index in [1.54, 1.807) is 0 Å². The van der Waals surface area contributed by atoms with Crippen molar-refractivity contribution in [3.63, 3.8) is 0 Å². The van der Waals surface area contributed by atoms with E-state index < -0.39 is 3.84 Å². The van der Waals surface area contributed by atoms with Crippen LogP contribution >= 0.6 is 11.6 Å². The predicted molar refractivity (Wildman–Crippen MR) is 11.2 cm³/mol. The molecular weight excluding hydrogens is 166 g/mol. The third-order valence-electron chi connectivity index (χ3n) is 0. The zero-order valence-electron chi connectivity index (χ0n) is 1.62. The first-order chi connectivity index (χ1) is 1.73. The molecule has 0 heterocycles. The average molecular weight is 166 g/mol. The van der Waals surface area contributed by atoms with Crippen LogP contribution in [0.4, 0.5) is 4.79 Å². The number of carbonyl (C=O) groups is 1. The third-order valence-corrected chi connectivity index (χ3v) is 0. The molecule has 0 spiro atoms. The van der Waals surface area contributed by atoms with Crippen molar-refractivity contribution >= 4 is 15.4 Å². The van der Waals surface area contributed by atoms with E-state index in [9.17, 15) is 0 Å². The monoisotopic (exact) mass is 166 g/mol. The van der Waals surface area contributed by atoms with Gasteiger partial charge in [-0.25, -0.2) is 0 Å². The fraction of sp³-hybridized carbons (Fsp3) is 0. The van der Waals surface area contributed by atoms with Crippen LogP contribution in [0, 0.1) is 0 Å². The van der Waals surface area contributed by atoms with E-state index in [0.29, 0.717) is 0 Å². The number of hydrogen-bond donors (Lipinski definition) is 0. The van der Waals surface area contributed by atoms with Crippen LogP contribution in [-0.2, 0) is 18.3 Å². The second-order valence-electron chi connectivity index (χ2n) is 0.208. The molecule has 0 aromatic heterocycles. The van der Waals surface area contributed by atoms with Crippen molar-refractivity contribution in [2.24, 2.45) is 0 Å². The molecule has 0 aliphatic rings. The van der Waals surface area contributed by atoms with Gasteiger partial charge in [-0.05, 0) is 0 Å². The van der Waals surface area contributed by atoms with Gasteiger partial charge in [-0.1, -0.05) is 0 Å². The van der Waals surface area contributed by atoms with Gasteiger partial charge < -0.3 is 0 Å². The fourth-order valence-corrected chi connectivity index (χ4v) is 0. The Morgan fingerprint density at radius 3 is 2.00 bits per heavy atom. The Morgan fingerprint density at radius 2 is 2.00 bits per heavy atom. The molecule has 0 atom stereocenters. The van der Waals surface area contributed by atoms with Crippen LogP contribution < -0.4 is 0 Å². The summed E-state index contributed by atoms with van der Waals surface area (Å²) in [4.78, 5) is 9.16. The number of rotatable bonds is 0. The van der Waals surface area contributed by atoms with Crippen molar-refractivity contribution in [2.45, 2.75) is 0 Å². The SMILES string of the molecule is O=[C](Cl)[Rh]. The van der Waals surface area contributed by atoms with Crippen LogP contribution in [0.1, 0.15) is 0 Å². The quantitative estimate of drug-likeness (QED) is 0.386. The van der Waals surface area contributed by atoms with E-state index in [1.807, 2.05) is 18.3 Å². The normalized spacial score (nSPS) is 6.75. The Morgan fingerprint density at radius 1 is 2.00 bits per heavy atom. The van der Waals surface area contributed by atoms with Crippen molar-refractivity contribution in [1.82, 2.24) is 0 Å². The summed E-state index contributed by atoms with van der Waals surface area (Å²) in [5, 5.41) is 0. The summed E-state index contributed by atoms with van der Waals surface area (Å²) >= 11 is 6.53. The first kappa shape index (κ1) is 4.58. The number of carbonyl (C=O) groups excluding carboxylic acids is 1. The van der Waals surface area contributed by atoms with Gasteiger partial charge in [0.1, 0.15) is 0 Å². The molecule has 26 valence electrons. The zero-order valence-corrected chi connectivity index (χ0v) is 4.01. The van der Waals surface area contributed by atoms with Gasteiger partial charge in [0.05, 0.1) is 0 Å². The zero-order chi connectivity index (χ0) is 3.58. The third kappa shape index (κ3) is 19.0. The summed E-state index contributed by atoms with van der Waals surface area (Å²) < 4.78 is -0.471. The molecule has 0 fully saturated rings. The minimum atomic E-state index is -0.471. The first-order valence-corrected chi connectivity index (χ1v) is 1.76. The van der Waals surface area contributed by atoms with Gasteiger partial charge in [-0.2, -0.15) is 0 Å². The molecule has 4 heavy (non-hydrogen) atoms. The molecule has 1 nitrogen and oxygen atoms in total. The Bertz CT molecular complexity index is 31.0.